The monoisotopic (exact) mass is 380 g/mol. The third kappa shape index (κ3) is 3.09. The van der Waals surface area contributed by atoms with E-state index in [1.54, 1.807) is 12.1 Å². The van der Waals surface area contributed by atoms with Gasteiger partial charge in [0.1, 0.15) is 17.8 Å². The summed E-state index contributed by atoms with van der Waals surface area (Å²) in [7, 11) is 0. The summed E-state index contributed by atoms with van der Waals surface area (Å²) in [6.07, 6.45) is 0.408. The van der Waals surface area contributed by atoms with Crippen LogP contribution in [-0.4, -0.2) is 45.0 Å². The Balaban J connectivity index is 1.69. The highest BCUT2D eigenvalue weighted by Crippen LogP contribution is 2.43. The fourth-order valence-corrected chi connectivity index (χ4v) is 4.19. The number of phenolic OH excluding ortho intramolecular Hbond substituents is 1. The van der Waals surface area contributed by atoms with Gasteiger partial charge in [-0.2, -0.15) is 0 Å². The van der Waals surface area contributed by atoms with Crippen molar-refractivity contribution in [3.63, 3.8) is 0 Å². The van der Waals surface area contributed by atoms with E-state index in [9.17, 15) is 24.6 Å². The van der Waals surface area contributed by atoms with Crippen LogP contribution in [0.3, 0.4) is 0 Å². The second kappa shape index (κ2) is 6.99. The third-order valence-electron chi connectivity index (χ3n) is 5.50. The molecule has 144 valence electrons. The summed E-state index contributed by atoms with van der Waals surface area (Å²) in [5.41, 5.74) is 1.50. The fourth-order valence-electron chi connectivity index (χ4n) is 4.19. The Hall–Kier alpha value is -3.35. The number of piperazine rings is 1. The molecule has 0 unspecified atom stereocenters. The molecule has 2 aliphatic heterocycles. The average molecular weight is 380 g/mol. The van der Waals surface area contributed by atoms with Gasteiger partial charge in [0.15, 0.2) is 0 Å². The van der Waals surface area contributed by atoms with Gasteiger partial charge in [-0.15, -0.1) is 0 Å². The molecular formula is C21H20N2O5. The molecule has 0 spiro atoms. The number of nitrogens with one attached hydrogen (secondary N) is 1. The zero-order chi connectivity index (χ0) is 19.8. The summed E-state index contributed by atoms with van der Waals surface area (Å²) < 4.78 is 0. The molecule has 3 N–H and O–H groups in total. The maximum Gasteiger partial charge on any atom is 0.309 e. The van der Waals surface area contributed by atoms with Crippen LogP contribution < -0.4 is 5.32 Å². The highest BCUT2D eigenvalue weighted by molar-refractivity contribution is 5.99. The van der Waals surface area contributed by atoms with Crippen molar-refractivity contribution in [2.45, 2.75) is 31.0 Å². The van der Waals surface area contributed by atoms with Crippen molar-refractivity contribution in [3.8, 4) is 5.75 Å². The number of fused-ring (bicyclic) bond motifs is 1. The van der Waals surface area contributed by atoms with Crippen molar-refractivity contribution in [1.82, 2.24) is 10.2 Å². The molecule has 2 fully saturated rings. The maximum atomic E-state index is 13.2. The van der Waals surface area contributed by atoms with E-state index >= 15 is 0 Å². The van der Waals surface area contributed by atoms with Crippen LogP contribution in [0.25, 0.3) is 0 Å². The van der Waals surface area contributed by atoms with Crippen molar-refractivity contribution >= 4 is 17.8 Å². The SMILES string of the molecule is O=C(O)[C@H]1C[C@H]2C(=O)N[C@@H](Cc3ccccc3)C(=O)N2[C@H]1c1ccc(O)cc1. The number of rotatable bonds is 4. The predicted octanol–water partition coefficient (Wildman–Crippen LogP) is 1.48. The molecule has 2 saturated heterocycles. The Kier molecular flexibility index (Phi) is 4.50. The lowest BCUT2D eigenvalue weighted by Gasteiger charge is -2.38. The first kappa shape index (κ1) is 18.0. The van der Waals surface area contributed by atoms with Crippen LogP contribution >= 0.6 is 0 Å². The number of carboxylic acids is 1. The van der Waals surface area contributed by atoms with E-state index in [1.807, 2.05) is 30.3 Å². The topological polar surface area (TPSA) is 107 Å². The molecule has 0 bridgehead atoms. The Morgan fingerprint density at radius 1 is 1.07 bits per heavy atom. The molecule has 2 heterocycles. The third-order valence-corrected chi connectivity index (χ3v) is 5.50. The molecule has 4 atom stereocenters. The van der Waals surface area contributed by atoms with Gasteiger partial charge >= 0.3 is 5.97 Å². The number of nitrogens with zero attached hydrogens (tertiary/aromatic N) is 1. The second-order valence-corrected chi connectivity index (χ2v) is 7.23. The molecule has 0 aliphatic carbocycles. The smallest absolute Gasteiger partial charge is 0.309 e. The quantitative estimate of drug-likeness (QED) is 0.745. The molecule has 0 saturated carbocycles. The van der Waals surface area contributed by atoms with Crippen molar-refractivity contribution in [2.24, 2.45) is 5.92 Å². The first-order valence-corrected chi connectivity index (χ1v) is 9.14. The van der Waals surface area contributed by atoms with Crippen LogP contribution in [-0.2, 0) is 20.8 Å². The van der Waals surface area contributed by atoms with Gasteiger partial charge < -0.3 is 20.4 Å². The van der Waals surface area contributed by atoms with E-state index in [0.717, 1.165) is 5.56 Å². The zero-order valence-electron chi connectivity index (χ0n) is 15.0. The molecule has 2 amide bonds. The summed E-state index contributed by atoms with van der Waals surface area (Å²) >= 11 is 0. The normalized spacial score (nSPS) is 26.6. The highest BCUT2D eigenvalue weighted by Gasteiger charge is 2.54. The highest BCUT2D eigenvalue weighted by atomic mass is 16.4. The number of aromatic hydroxyl groups is 1. The number of hydrogen-bond donors (Lipinski definition) is 3. The van der Waals surface area contributed by atoms with E-state index in [2.05, 4.69) is 5.32 Å². The second-order valence-electron chi connectivity index (χ2n) is 7.23. The summed E-state index contributed by atoms with van der Waals surface area (Å²) in [6, 6.07) is 13.2. The molecule has 7 nitrogen and oxygen atoms in total. The van der Waals surface area contributed by atoms with Crippen LogP contribution in [0.15, 0.2) is 54.6 Å². The Bertz CT molecular complexity index is 912. The minimum absolute atomic E-state index is 0.0508. The van der Waals surface area contributed by atoms with Crippen LogP contribution in [0.5, 0.6) is 5.75 Å². The lowest BCUT2D eigenvalue weighted by molar-refractivity contribution is -0.150. The Labute approximate surface area is 161 Å². The number of phenols is 1. The summed E-state index contributed by atoms with van der Waals surface area (Å²) in [5.74, 6) is -2.49. The molecule has 7 heteroatoms. The minimum Gasteiger partial charge on any atom is -0.508 e. The lowest BCUT2D eigenvalue weighted by Crippen LogP contribution is -2.62. The van der Waals surface area contributed by atoms with E-state index in [1.165, 1.54) is 17.0 Å². The van der Waals surface area contributed by atoms with E-state index in [4.69, 9.17) is 0 Å². The van der Waals surface area contributed by atoms with Gasteiger partial charge in [0.2, 0.25) is 11.8 Å². The van der Waals surface area contributed by atoms with Crippen molar-refractivity contribution < 1.29 is 24.6 Å². The maximum absolute atomic E-state index is 13.2. The zero-order valence-corrected chi connectivity index (χ0v) is 15.0. The van der Waals surface area contributed by atoms with Crippen molar-refractivity contribution in [1.29, 1.82) is 0 Å². The van der Waals surface area contributed by atoms with Gasteiger partial charge in [-0.25, -0.2) is 0 Å². The number of carbonyl (C=O) groups excluding carboxylic acids is 2. The molecule has 2 aromatic rings. The standard InChI is InChI=1S/C21H20N2O5/c24-14-8-6-13(7-9-14)18-15(21(27)28)11-17-19(25)22-16(20(26)23(17)18)10-12-4-2-1-3-5-12/h1-9,15-18,24H,10-11H2,(H,22,25)(H,27,28)/t15-,16-,17-,18-/m0/s1. The number of aliphatic carboxylic acids is 1. The lowest BCUT2D eigenvalue weighted by atomic mass is 9.93. The van der Waals surface area contributed by atoms with Crippen molar-refractivity contribution in [3.05, 3.63) is 65.7 Å². The van der Waals surface area contributed by atoms with E-state index in [-0.39, 0.29) is 24.0 Å². The van der Waals surface area contributed by atoms with Gasteiger partial charge in [0.25, 0.3) is 0 Å². The number of benzene rings is 2. The van der Waals surface area contributed by atoms with Gasteiger partial charge in [-0.3, -0.25) is 14.4 Å². The predicted molar refractivity (Wildman–Crippen MR) is 99.3 cm³/mol. The molecule has 28 heavy (non-hydrogen) atoms. The number of hydrogen-bond acceptors (Lipinski definition) is 4. The Morgan fingerprint density at radius 3 is 2.39 bits per heavy atom. The molecular weight excluding hydrogens is 360 g/mol. The van der Waals surface area contributed by atoms with E-state index in [0.29, 0.717) is 12.0 Å². The summed E-state index contributed by atoms with van der Waals surface area (Å²) in [6.45, 7) is 0. The number of carbonyl (C=O) groups is 3. The minimum atomic E-state index is -1.05. The van der Waals surface area contributed by atoms with Crippen LogP contribution in [0, 0.1) is 5.92 Å². The van der Waals surface area contributed by atoms with Crippen LogP contribution in [0.2, 0.25) is 0 Å². The number of amides is 2. The molecule has 4 rings (SSSR count). The largest absolute Gasteiger partial charge is 0.508 e. The molecule has 2 aliphatic rings. The van der Waals surface area contributed by atoms with E-state index < -0.39 is 30.0 Å². The molecule has 2 aromatic carbocycles. The van der Waals surface area contributed by atoms with Gasteiger partial charge in [-0.1, -0.05) is 42.5 Å². The van der Waals surface area contributed by atoms with Crippen LogP contribution in [0.1, 0.15) is 23.6 Å². The summed E-state index contributed by atoms with van der Waals surface area (Å²) in [4.78, 5) is 39.2. The average Bonchev–Trinajstić information content (AvgIpc) is 3.09. The molecule has 0 aromatic heterocycles. The molecule has 0 radical (unpaired) electrons. The van der Waals surface area contributed by atoms with Crippen LogP contribution in [0.4, 0.5) is 0 Å². The first-order chi connectivity index (χ1) is 13.5. The van der Waals surface area contributed by atoms with Crippen molar-refractivity contribution in [2.75, 3.05) is 0 Å². The van der Waals surface area contributed by atoms with Gasteiger partial charge in [0, 0.05) is 6.42 Å². The fraction of sp³-hybridized carbons (Fsp3) is 0.286. The summed E-state index contributed by atoms with van der Waals surface area (Å²) in [5, 5.41) is 22.0. The number of carboxylic acid groups (broad SMARTS) is 1. The van der Waals surface area contributed by atoms with Gasteiger partial charge in [-0.05, 0) is 29.7 Å². The Morgan fingerprint density at radius 2 is 1.75 bits per heavy atom. The van der Waals surface area contributed by atoms with Gasteiger partial charge in [0.05, 0.1) is 12.0 Å². The first-order valence-electron chi connectivity index (χ1n) is 9.14.